The van der Waals surface area contributed by atoms with Crippen LogP contribution in [0.1, 0.15) is 32.1 Å². The Kier molecular flexibility index (Phi) is 4.41. The van der Waals surface area contributed by atoms with E-state index in [1.165, 1.54) is 4.90 Å². The first kappa shape index (κ1) is 13.1. The Morgan fingerprint density at radius 2 is 2.11 bits per heavy atom. The minimum atomic E-state index is -0.962. The number of carboxylic acids is 1. The number of carboxylic acid groups (broad SMARTS) is 1. The number of nitrogens with zero attached hydrogens (tertiary/aromatic N) is 1. The monoisotopic (exact) mass is 256 g/mol. The van der Waals surface area contributed by atoms with Gasteiger partial charge < -0.3 is 20.1 Å². The van der Waals surface area contributed by atoms with E-state index in [2.05, 4.69) is 5.32 Å². The summed E-state index contributed by atoms with van der Waals surface area (Å²) in [7, 11) is 0. The van der Waals surface area contributed by atoms with Crippen molar-refractivity contribution in [2.45, 2.75) is 44.2 Å². The third-order valence-corrected chi connectivity index (χ3v) is 3.32. The van der Waals surface area contributed by atoms with Gasteiger partial charge in [0.25, 0.3) is 0 Å². The highest BCUT2D eigenvalue weighted by Gasteiger charge is 2.33. The van der Waals surface area contributed by atoms with Crippen LogP contribution in [0.4, 0.5) is 4.79 Å². The van der Waals surface area contributed by atoms with E-state index in [1.54, 1.807) is 0 Å². The van der Waals surface area contributed by atoms with Gasteiger partial charge in [0.1, 0.15) is 6.54 Å². The van der Waals surface area contributed by atoms with Crippen LogP contribution in [0.5, 0.6) is 0 Å². The number of urea groups is 1. The van der Waals surface area contributed by atoms with Crippen LogP contribution in [0.25, 0.3) is 0 Å². The molecular formula is C12H20N2O4. The van der Waals surface area contributed by atoms with Crippen molar-refractivity contribution in [2.75, 3.05) is 19.7 Å². The van der Waals surface area contributed by atoms with Crippen LogP contribution < -0.4 is 5.32 Å². The molecule has 1 aliphatic heterocycles. The number of ether oxygens (including phenoxy) is 1. The zero-order valence-corrected chi connectivity index (χ0v) is 10.4. The molecule has 2 aliphatic rings. The Bertz CT molecular complexity index is 311. The first-order valence-electron chi connectivity index (χ1n) is 6.54. The van der Waals surface area contributed by atoms with Gasteiger partial charge in [-0.1, -0.05) is 0 Å². The van der Waals surface area contributed by atoms with E-state index in [1.807, 2.05) is 0 Å². The SMILES string of the molecule is O=C(O)CN(C(=O)NCCC1CCCO1)C1CC1. The number of carbonyl (C=O) groups excluding carboxylic acids is 1. The fraction of sp³-hybridized carbons (Fsp3) is 0.833. The smallest absolute Gasteiger partial charge is 0.323 e. The fourth-order valence-corrected chi connectivity index (χ4v) is 2.21. The number of hydrogen-bond acceptors (Lipinski definition) is 3. The predicted molar refractivity (Wildman–Crippen MR) is 64.4 cm³/mol. The maximum absolute atomic E-state index is 11.8. The van der Waals surface area contributed by atoms with Crippen LogP contribution >= 0.6 is 0 Å². The van der Waals surface area contributed by atoms with Gasteiger partial charge in [-0.3, -0.25) is 4.79 Å². The molecule has 1 saturated carbocycles. The first-order chi connectivity index (χ1) is 8.66. The molecule has 18 heavy (non-hydrogen) atoms. The summed E-state index contributed by atoms with van der Waals surface area (Å²) in [6, 6.07) is -0.151. The molecular weight excluding hydrogens is 236 g/mol. The summed E-state index contributed by atoms with van der Waals surface area (Å²) in [6.07, 6.45) is 5.01. The number of hydrogen-bond donors (Lipinski definition) is 2. The van der Waals surface area contributed by atoms with Gasteiger partial charge in [-0.05, 0) is 32.1 Å². The molecule has 1 atom stereocenters. The van der Waals surface area contributed by atoms with Crippen LogP contribution in [0, 0.1) is 0 Å². The van der Waals surface area contributed by atoms with E-state index in [0.29, 0.717) is 6.54 Å². The van der Waals surface area contributed by atoms with Crippen LogP contribution in [0.3, 0.4) is 0 Å². The average Bonchev–Trinajstić information content (AvgIpc) is 3.03. The molecule has 0 aromatic heterocycles. The zero-order valence-electron chi connectivity index (χ0n) is 10.4. The third-order valence-electron chi connectivity index (χ3n) is 3.32. The van der Waals surface area contributed by atoms with Crippen molar-refractivity contribution in [2.24, 2.45) is 0 Å². The second-order valence-electron chi connectivity index (χ2n) is 4.91. The van der Waals surface area contributed by atoms with Crippen LogP contribution in [-0.2, 0) is 9.53 Å². The van der Waals surface area contributed by atoms with Crippen molar-refractivity contribution in [3.8, 4) is 0 Å². The molecule has 0 aromatic carbocycles. The molecule has 6 heteroatoms. The number of rotatable bonds is 6. The molecule has 1 aliphatic carbocycles. The largest absolute Gasteiger partial charge is 0.480 e. The first-order valence-corrected chi connectivity index (χ1v) is 6.54. The summed E-state index contributed by atoms with van der Waals surface area (Å²) in [4.78, 5) is 23.9. The maximum atomic E-state index is 11.8. The summed E-state index contributed by atoms with van der Waals surface area (Å²) < 4.78 is 5.46. The normalized spacial score (nSPS) is 22.8. The van der Waals surface area contributed by atoms with E-state index in [4.69, 9.17) is 9.84 Å². The molecule has 2 N–H and O–H groups in total. The Morgan fingerprint density at radius 1 is 1.33 bits per heavy atom. The van der Waals surface area contributed by atoms with Gasteiger partial charge in [-0.15, -0.1) is 0 Å². The van der Waals surface area contributed by atoms with E-state index >= 15 is 0 Å². The lowest BCUT2D eigenvalue weighted by molar-refractivity contribution is -0.137. The van der Waals surface area contributed by atoms with Crippen LogP contribution in [-0.4, -0.2) is 53.8 Å². The molecule has 1 saturated heterocycles. The quantitative estimate of drug-likeness (QED) is 0.737. The average molecular weight is 256 g/mol. The van der Waals surface area contributed by atoms with E-state index in [0.717, 1.165) is 38.7 Å². The summed E-state index contributed by atoms with van der Waals surface area (Å²) >= 11 is 0. The lowest BCUT2D eigenvalue weighted by atomic mass is 10.2. The summed E-state index contributed by atoms with van der Waals surface area (Å²) in [6.45, 7) is 1.15. The van der Waals surface area contributed by atoms with E-state index < -0.39 is 5.97 Å². The van der Waals surface area contributed by atoms with Gasteiger partial charge in [-0.25, -0.2) is 4.79 Å². The number of aliphatic carboxylic acids is 1. The van der Waals surface area contributed by atoms with Crippen molar-refractivity contribution < 1.29 is 19.4 Å². The van der Waals surface area contributed by atoms with E-state index in [-0.39, 0.29) is 24.7 Å². The molecule has 0 bridgehead atoms. The highest BCUT2D eigenvalue weighted by Crippen LogP contribution is 2.26. The maximum Gasteiger partial charge on any atom is 0.323 e. The third kappa shape index (κ3) is 3.87. The van der Waals surface area contributed by atoms with Crippen molar-refractivity contribution in [1.29, 1.82) is 0 Å². The van der Waals surface area contributed by atoms with Gasteiger partial charge in [0.2, 0.25) is 0 Å². The molecule has 0 spiro atoms. The number of amides is 2. The Balaban J connectivity index is 1.69. The number of carbonyl (C=O) groups is 2. The molecule has 2 fully saturated rings. The molecule has 102 valence electrons. The standard InChI is InChI=1S/C12H20N2O4/c15-11(16)8-14(9-3-4-9)12(17)13-6-5-10-2-1-7-18-10/h9-10H,1-8H2,(H,13,17)(H,15,16). The summed E-state index contributed by atoms with van der Waals surface area (Å²) in [5, 5.41) is 11.5. The van der Waals surface area contributed by atoms with Crippen molar-refractivity contribution in [1.82, 2.24) is 10.2 Å². The fourth-order valence-electron chi connectivity index (χ4n) is 2.21. The summed E-state index contributed by atoms with van der Waals surface area (Å²) in [5.41, 5.74) is 0. The molecule has 0 aromatic rings. The Hall–Kier alpha value is -1.30. The molecule has 2 rings (SSSR count). The van der Waals surface area contributed by atoms with Crippen LogP contribution in [0.2, 0.25) is 0 Å². The van der Waals surface area contributed by atoms with Crippen molar-refractivity contribution >= 4 is 12.0 Å². The van der Waals surface area contributed by atoms with Crippen molar-refractivity contribution in [3.63, 3.8) is 0 Å². The minimum absolute atomic E-state index is 0.115. The zero-order chi connectivity index (χ0) is 13.0. The molecule has 1 unspecified atom stereocenters. The lowest BCUT2D eigenvalue weighted by Gasteiger charge is -2.21. The Morgan fingerprint density at radius 3 is 2.67 bits per heavy atom. The van der Waals surface area contributed by atoms with Gasteiger partial charge in [0.15, 0.2) is 0 Å². The molecule has 0 radical (unpaired) electrons. The number of nitrogens with one attached hydrogen (secondary N) is 1. The topological polar surface area (TPSA) is 78.9 Å². The van der Waals surface area contributed by atoms with Gasteiger partial charge in [0.05, 0.1) is 6.10 Å². The minimum Gasteiger partial charge on any atom is -0.480 e. The van der Waals surface area contributed by atoms with Gasteiger partial charge in [0, 0.05) is 19.2 Å². The highest BCUT2D eigenvalue weighted by molar-refractivity contribution is 5.80. The molecule has 6 nitrogen and oxygen atoms in total. The Labute approximate surface area is 106 Å². The molecule has 1 heterocycles. The predicted octanol–water partition coefficient (Wildman–Crippen LogP) is 0.814. The second-order valence-corrected chi connectivity index (χ2v) is 4.91. The lowest BCUT2D eigenvalue weighted by Crippen LogP contribution is -2.44. The van der Waals surface area contributed by atoms with Crippen LogP contribution in [0.15, 0.2) is 0 Å². The van der Waals surface area contributed by atoms with Gasteiger partial charge in [-0.2, -0.15) is 0 Å². The highest BCUT2D eigenvalue weighted by atomic mass is 16.5. The van der Waals surface area contributed by atoms with Crippen molar-refractivity contribution in [3.05, 3.63) is 0 Å². The second kappa shape index (κ2) is 6.04. The summed E-state index contributed by atoms with van der Waals surface area (Å²) in [5.74, 6) is -0.962. The molecule has 2 amide bonds. The van der Waals surface area contributed by atoms with Gasteiger partial charge >= 0.3 is 12.0 Å². The van der Waals surface area contributed by atoms with E-state index in [9.17, 15) is 9.59 Å².